The van der Waals surface area contributed by atoms with Gasteiger partial charge in [-0.3, -0.25) is 4.79 Å². The maximum absolute atomic E-state index is 11.1. The molecule has 0 aromatic heterocycles. The lowest BCUT2D eigenvalue weighted by atomic mass is 9.75. The predicted octanol–water partition coefficient (Wildman–Crippen LogP) is 1.27. The Morgan fingerprint density at radius 1 is 1.31 bits per heavy atom. The van der Waals surface area contributed by atoms with Gasteiger partial charge in [-0.25, -0.2) is 0 Å². The van der Waals surface area contributed by atoms with Gasteiger partial charge in [-0.15, -0.1) is 12.4 Å². The molecule has 1 aliphatic carbocycles. The Hall–Kier alpha value is -0.280. The summed E-state index contributed by atoms with van der Waals surface area (Å²) in [5.74, 6) is -0.0800. The van der Waals surface area contributed by atoms with E-state index < -0.39 is 5.97 Å². The topological polar surface area (TPSA) is 49.3 Å². The highest BCUT2D eigenvalue weighted by molar-refractivity contribution is 5.85. The minimum atomic E-state index is -0.563. The molecule has 0 bridgehead atoms. The van der Waals surface area contributed by atoms with Crippen molar-refractivity contribution in [3.63, 3.8) is 0 Å². The number of hydrogen-bond donors (Lipinski definition) is 2. The second-order valence-electron chi connectivity index (χ2n) is 3.99. The van der Waals surface area contributed by atoms with Crippen LogP contribution in [0.15, 0.2) is 0 Å². The minimum Gasteiger partial charge on any atom is -0.481 e. The van der Waals surface area contributed by atoms with Crippen molar-refractivity contribution in [1.29, 1.82) is 0 Å². The number of hydrogen-bond acceptors (Lipinski definition) is 2. The van der Waals surface area contributed by atoms with Crippen molar-refractivity contribution in [3.8, 4) is 0 Å². The van der Waals surface area contributed by atoms with Gasteiger partial charge in [-0.2, -0.15) is 0 Å². The van der Waals surface area contributed by atoms with Crippen molar-refractivity contribution >= 4 is 18.4 Å². The van der Waals surface area contributed by atoms with Crippen LogP contribution in [0.25, 0.3) is 0 Å². The number of carboxylic acid groups (broad SMARTS) is 1. The van der Waals surface area contributed by atoms with Crippen molar-refractivity contribution in [2.24, 2.45) is 11.3 Å². The van der Waals surface area contributed by atoms with Gasteiger partial charge in [0.05, 0.1) is 5.41 Å². The smallest absolute Gasteiger partial charge is 0.310 e. The van der Waals surface area contributed by atoms with Gasteiger partial charge in [0.25, 0.3) is 0 Å². The quantitative estimate of drug-likeness (QED) is 0.714. The van der Waals surface area contributed by atoms with E-state index in [0.29, 0.717) is 5.92 Å². The lowest BCUT2D eigenvalue weighted by Crippen LogP contribution is -2.43. The van der Waals surface area contributed by atoms with Gasteiger partial charge in [0, 0.05) is 0 Å². The maximum atomic E-state index is 11.1. The SMILES string of the molecule is Cl.O=C(O)C1(C2CC2)CCNCC1. The molecule has 1 saturated heterocycles. The van der Waals surface area contributed by atoms with Gasteiger partial charge in [0.2, 0.25) is 0 Å². The van der Waals surface area contributed by atoms with Crippen LogP contribution in [-0.2, 0) is 4.79 Å². The fourth-order valence-electron chi connectivity index (χ4n) is 2.31. The van der Waals surface area contributed by atoms with E-state index >= 15 is 0 Å². The van der Waals surface area contributed by atoms with Crippen molar-refractivity contribution in [1.82, 2.24) is 5.32 Å². The number of halogens is 1. The van der Waals surface area contributed by atoms with Crippen molar-refractivity contribution < 1.29 is 9.90 Å². The molecule has 0 aromatic carbocycles. The molecule has 0 aromatic rings. The minimum absolute atomic E-state index is 0. The van der Waals surface area contributed by atoms with Crippen LogP contribution in [0.3, 0.4) is 0 Å². The molecule has 2 fully saturated rings. The van der Waals surface area contributed by atoms with Crippen LogP contribution in [0.2, 0.25) is 0 Å². The van der Waals surface area contributed by atoms with Crippen LogP contribution >= 0.6 is 12.4 Å². The van der Waals surface area contributed by atoms with Crippen molar-refractivity contribution in [3.05, 3.63) is 0 Å². The average Bonchev–Trinajstić information content (AvgIpc) is 2.88. The van der Waals surface area contributed by atoms with E-state index in [2.05, 4.69) is 5.32 Å². The average molecular weight is 206 g/mol. The normalized spacial score (nSPS) is 26.2. The van der Waals surface area contributed by atoms with Gasteiger partial charge in [0.15, 0.2) is 0 Å². The summed E-state index contributed by atoms with van der Waals surface area (Å²) in [6.45, 7) is 1.76. The molecule has 1 heterocycles. The molecular weight excluding hydrogens is 190 g/mol. The predicted molar refractivity (Wildman–Crippen MR) is 52.1 cm³/mol. The second kappa shape index (κ2) is 3.84. The van der Waals surface area contributed by atoms with Gasteiger partial charge >= 0.3 is 5.97 Å². The van der Waals surface area contributed by atoms with E-state index in [1.165, 1.54) is 0 Å². The Morgan fingerprint density at radius 2 is 1.85 bits per heavy atom. The van der Waals surface area contributed by atoms with Crippen LogP contribution in [0.4, 0.5) is 0 Å². The first-order valence-corrected chi connectivity index (χ1v) is 4.70. The van der Waals surface area contributed by atoms with Gasteiger partial charge in [0.1, 0.15) is 0 Å². The van der Waals surface area contributed by atoms with E-state index in [4.69, 9.17) is 0 Å². The zero-order valence-electron chi connectivity index (χ0n) is 7.58. The molecule has 0 amide bonds. The van der Waals surface area contributed by atoms with E-state index in [1.807, 2.05) is 0 Å². The summed E-state index contributed by atoms with van der Waals surface area (Å²) in [4.78, 5) is 11.1. The van der Waals surface area contributed by atoms with E-state index in [9.17, 15) is 9.90 Å². The molecule has 0 atom stereocenters. The molecule has 0 radical (unpaired) electrons. The number of rotatable bonds is 2. The molecular formula is C9H16ClNO2. The lowest BCUT2D eigenvalue weighted by molar-refractivity contribution is -0.152. The highest BCUT2D eigenvalue weighted by Crippen LogP contribution is 2.50. The monoisotopic (exact) mass is 205 g/mol. The largest absolute Gasteiger partial charge is 0.481 e. The van der Waals surface area contributed by atoms with Crippen molar-refractivity contribution in [2.75, 3.05) is 13.1 Å². The summed E-state index contributed by atoms with van der Waals surface area (Å²) in [5, 5.41) is 12.4. The molecule has 1 aliphatic heterocycles. The summed E-state index contributed by atoms with van der Waals surface area (Å²) < 4.78 is 0. The molecule has 0 spiro atoms. The second-order valence-corrected chi connectivity index (χ2v) is 3.99. The molecule has 4 heteroatoms. The third-order valence-electron chi connectivity index (χ3n) is 3.28. The number of aliphatic carboxylic acids is 1. The maximum Gasteiger partial charge on any atom is 0.310 e. The fraction of sp³-hybridized carbons (Fsp3) is 0.889. The zero-order chi connectivity index (χ0) is 8.60. The zero-order valence-corrected chi connectivity index (χ0v) is 8.40. The van der Waals surface area contributed by atoms with Crippen LogP contribution in [-0.4, -0.2) is 24.2 Å². The van der Waals surface area contributed by atoms with Gasteiger partial charge < -0.3 is 10.4 Å². The highest BCUT2D eigenvalue weighted by Gasteiger charge is 2.51. The van der Waals surface area contributed by atoms with Gasteiger partial charge in [-0.1, -0.05) is 0 Å². The molecule has 2 N–H and O–H groups in total. The first-order valence-electron chi connectivity index (χ1n) is 4.70. The Balaban J connectivity index is 0.000000845. The first kappa shape index (κ1) is 10.8. The number of piperidine rings is 1. The Kier molecular flexibility index (Phi) is 3.19. The third kappa shape index (κ3) is 1.81. The molecule has 0 unspecified atom stereocenters. The van der Waals surface area contributed by atoms with Crippen LogP contribution in [0, 0.1) is 11.3 Å². The first-order chi connectivity index (χ1) is 5.76. The molecule has 2 rings (SSSR count). The Labute approximate surface area is 84.3 Å². The summed E-state index contributed by atoms with van der Waals surface area (Å²) in [6.07, 6.45) is 3.92. The fourth-order valence-corrected chi connectivity index (χ4v) is 2.31. The standard InChI is InChI=1S/C9H15NO2.ClH/c11-8(12)9(7-1-2-7)3-5-10-6-4-9;/h7,10H,1-6H2,(H,11,12);1H. The Bertz CT molecular complexity index is 198. The van der Waals surface area contributed by atoms with Crippen LogP contribution in [0.5, 0.6) is 0 Å². The summed E-state index contributed by atoms with van der Waals surface area (Å²) in [7, 11) is 0. The van der Waals surface area contributed by atoms with E-state index in [1.54, 1.807) is 0 Å². The molecule has 76 valence electrons. The molecule has 3 nitrogen and oxygen atoms in total. The van der Waals surface area contributed by atoms with E-state index in [-0.39, 0.29) is 17.8 Å². The van der Waals surface area contributed by atoms with Crippen LogP contribution < -0.4 is 5.32 Å². The number of nitrogens with one attached hydrogen (secondary N) is 1. The number of carboxylic acids is 1. The van der Waals surface area contributed by atoms with Gasteiger partial charge in [-0.05, 0) is 44.7 Å². The van der Waals surface area contributed by atoms with E-state index in [0.717, 1.165) is 38.8 Å². The highest BCUT2D eigenvalue weighted by atomic mass is 35.5. The van der Waals surface area contributed by atoms with Crippen LogP contribution in [0.1, 0.15) is 25.7 Å². The molecule has 2 aliphatic rings. The Morgan fingerprint density at radius 3 is 2.23 bits per heavy atom. The third-order valence-corrected chi connectivity index (χ3v) is 3.28. The molecule has 1 saturated carbocycles. The summed E-state index contributed by atoms with van der Waals surface area (Å²) in [5.41, 5.74) is -0.356. The summed E-state index contributed by atoms with van der Waals surface area (Å²) in [6, 6.07) is 0. The number of carbonyl (C=O) groups is 1. The van der Waals surface area contributed by atoms with Crippen molar-refractivity contribution in [2.45, 2.75) is 25.7 Å². The summed E-state index contributed by atoms with van der Waals surface area (Å²) >= 11 is 0. The molecule has 13 heavy (non-hydrogen) atoms. The lowest BCUT2D eigenvalue weighted by Gasteiger charge is -2.33.